The third kappa shape index (κ3) is 5.41. The van der Waals surface area contributed by atoms with Gasteiger partial charge in [-0.1, -0.05) is 220 Å². The first kappa shape index (κ1) is 38.5. The van der Waals surface area contributed by atoms with Crippen LogP contribution in [0.3, 0.4) is 0 Å². The Morgan fingerprint density at radius 3 is 0.877 bits per heavy atom. The highest BCUT2D eigenvalue weighted by Crippen LogP contribution is 2.64. The lowest BCUT2D eigenvalue weighted by atomic mass is 9.70. The molecule has 0 saturated heterocycles. The zero-order valence-electron chi connectivity index (χ0n) is 35.1. The number of benzene rings is 10. The molecule has 0 aliphatic heterocycles. The van der Waals surface area contributed by atoms with Crippen LogP contribution in [0.4, 0.5) is 11.4 Å². The van der Waals surface area contributed by atoms with Gasteiger partial charge < -0.3 is 10.9 Å². The second kappa shape index (κ2) is 15.0. The summed E-state index contributed by atoms with van der Waals surface area (Å²) in [6.07, 6.45) is 0. The molecule has 0 fully saturated rings. The van der Waals surface area contributed by atoms with Crippen LogP contribution >= 0.6 is 0 Å². The van der Waals surface area contributed by atoms with E-state index in [1.807, 2.05) is 36.4 Å². The maximum absolute atomic E-state index is 3.58. The molecule has 0 atom stereocenters. The topological polar surface area (TPSA) is 24.1 Å². The predicted octanol–water partition coefficient (Wildman–Crippen LogP) is 15.8. The summed E-state index contributed by atoms with van der Waals surface area (Å²) in [6.45, 7) is 0. The van der Waals surface area contributed by atoms with Gasteiger partial charge >= 0.3 is 0 Å². The molecule has 2 spiro atoms. The molecule has 0 unspecified atom stereocenters. The summed E-state index contributed by atoms with van der Waals surface area (Å²) in [5.41, 5.74) is 32.2. The first-order valence-corrected chi connectivity index (χ1v) is 22.3. The zero-order chi connectivity index (χ0) is 42.2. The van der Waals surface area contributed by atoms with Gasteiger partial charge in [-0.3, -0.25) is 0 Å². The number of anilines is 2. The summed E-state index contributed by atoms with van der Waals surface area (Å²) < 4.78 is 0. The van der Waals surface area contributed by atoms with Gasteiger partial charge in [0.25, 0.3) is 0 Å². The Labute approximate surface area is 381 Å². The van der Waals surface area contributed by atoms with Crippen molar-refractivity contribution in [3.63, 3.8) is 0 Å². The fourth-order valence-electron chi connectivity index (χ4n) is 11.7. The normalized spacial score (nSPS) is 13.7. The second-order valence-electron chi connectivity index (χ2n) is 17.3. The third-order valence-electron chi connectivity index (χ3n) is 14.2. The van der Waals surface area contributed by atoms with Gasteiger partial charge in [-0.2, -0.15) is 0 Å². The number of hydrogen-bond acceptors (Lipinski definition) is 2. The van der Waals surface area contributed by atoms with Crippen LogP contribution in [0.1, 0.15) is 51.9 Å². The maximum Gasteiger partial charge on any atom is 0.0726 e. The predicted molar refractivity (Wildman–Crippen MR) is 271 cm³/mol. The monoisotopic (exact) mass is 830 g/mol. The molecule has 0 bridgehead atoms. The largest absolute Gasteiger partial charge is 0.301 e. The molecule has 2 N–H and O–H groups in total. The Hall–Kier alpha value is -8.20. The minimum atomic E-state index is -0.364. The van der Waals surface area contributed by atoms with Gasteiger partial charge in [0.05, 0.1) is 22.2 Å². The van der Waals surface area contributed by atoms with Gasteiger partial charge in [-0.25, -0.2) is 0 Å². The summed E-state index contributed by atoms with van der Waals surface area (Å²) >= 11 is 0. The molecule has 0 aromatic heterocycles. The minimum absolute atomic E-state index is 0. The van der Waals surface area contributed by atoms with E-state index in [4.69, 9.17) is 0 Å². The summed E-state index contributed by atoms with van der Waals surface area (Å²) in [5.74, 6) is 0. The first-order valence-electron chi connectivity index (χ1n) is 22.3. The van der Waals surface area contributed by atoms with E-state index in [0.717, 1.165) is 11.4 Å². The lowest BCUT2D eigenvalue weighted by Crippen LogP contribution is -2.26. The maximum atomic E-state index is 3.58. The minimum Gasteiger partial charge on any atom is -0.301 e. The van der Waals surface area contributed by atoms with Gasteiger partial charge in [-0.15, -0.1) is 0 Å². The number of hydrogen-bond donors (Lipinski definition) is 2. The van der Waals surface area contributed by atoms with E-state index < -0.39 is 0 Å². The fraction of sp³-hybridized carbons (Fsp3) is 0.0476. The molecule has 0 amide bonds. The Morgan fingerprint density at radius 1 is 0.215 bits per heavy atom. The first-order chi connectivity index (χ1) is 31.8. The number of fused-ring (bicyclic) bond motifs is 20. The number of nitrogens with one attached hydrogen (secondary N) is 2. The number of rotatable bonds is 4. The molecular weight excluding hydrogens is 785 g/mol. The average Bonchev–Trinajstić information content (AvgIpc) is 4.05. The van der Waals surface area contributed by atoms with Gasteiger partial charge in [-0.05, 0) is 130 Å². The lowest BCUT2D eigenvalue weighted by Gasteiger charge is -2.30. The standard InChI is InChI=1S/C56H36N2.C6H6.CH4/c1-7-19-47-39(13-1)40-14-2-8-20-48(40)55(47)51-23-11-5-17-43(51)45-31-27-36(33-53(45)55)35-25-28-37(29-26-35)57-58-38-30-32-46-44-18-6-12-24-52(44)56(54(46)34-38)49-21-9-3-15-41(49)42-16-4-10-22-50(42)56;1-2-4-6-5-3-1;/h1-34,57-58H;1-6H;1H4. The van der Waals surface area contributed by atoms with Crippen LogP contribution in [0.25, 0.3) is 55.6 Å². The van der Waals surface area contributed by atoms with Crippen molar-refractivity contribution in [1.82, 2.24) is 0 Å². The van der Waals surface area contributed by atoms with Crippen LogP contribution in [0, 0.1) is 0 Å². The molecule has 4 aliphatic carbocycles. The van der Waals surface area contributed by atoms with Crippen molar-refractivity contribution in [3.8, 4) is 55.6 Å². The van der Waals surface area contributed by atoms with Crippen LogP contribution in [-0.4, -0.2) is 0 Å². The highest BCUT2D eigenvalue weighted by molar-refractivity contribution is 5.97. The lowest BCUT2D eigenvalue weighted by molar-refractivity contribution is 0.794. The molecular formula is C63H46N2. The Morgan fingerprint density at radius 2 is 0.492 bits per heavy atom. The van der Waals surface area contributed by atoms with E-state index in [1.165, 1.54) is 100 Å². The molecule has 4 aliphatic rings. The van der Waals surface area contributed by atoms with Gasteiger partial charge in [0.1, 0.15) is 0 Å². The second-order valence-corrected chi connectivity index (χ2v) is 17.3. The van der Waals surface area contributed by atoms with Crippen molar-refractivity contribution in [2.75, 3.05) is 10.9 Å². The van der Waals surface area contributed by atoms with Crippen LogP contribution in [-0.2, 0) is 10.8 Å². The molecule has 14 rings (SSSR count). The van der Waals surface area contributed by atoms with E-state index in [1.54, 1.807) is 0 Å². The molecule has 10 aromatic carbocycles. The quantitative estimate of drug-likeness (QED) is 0.173. The zero-order valence-corrected chi connectivity index (χ0v) is 35.1. The van der Waals surface area contributed by atoms with E-state index >= 15 is 0 Å². The smallest absolute Gasteiger partial charge is 0.0726 e. The molecule has 65 heavy (non-hydrogen) atoms. The molecule has 0 radical (unpaired) electrons. The van der Waals surface area contributed by atoms with Crippen molar-refractivity contribution in [1.29, 1.82) is 0 Å². The Bertz CT molecular complexity index is 3300. The van der Waals surface area contributed by atoms with Crippen LogP contribution < -0.4 is 10.9 Å². The van der Waals surface area contributed by atoms with E-state index in [9.17, 15) is 0 Å². The van der Waals surface area contributed by atoms with Crippen LogP contribution in [0.2, 0.25) is 0 Å². The highest BCUT2D eigenvalue weighted by atomic mass is 15.4. The van der Waals surface area contributed by atoms with Crippen molar-refractivity contribution < 1.29 is 0 Å². The van der Waals surface area contributed by atoms with Crippen molar-refractivity contribution in [2.24, 2.45) is 0 Å². The van der Waals surface area contributed by atoms with E-state index in [0.29, 0.717) is 0 Å². The van der Waals surface area contributed by atoms with E-state index in [2.05, 4.69) is 217 Å². The molecule has 308 valence electrons. The van der Waals surface area contributed by atoms with Crippen molar-refractivity contribution in [2.45, 2.75) is 18.3 Å². The molecule has 2 nitrogen and oxygen atoms in total. The molecule has 0 saturated carbocycles. The molecule has 10 aromatic rings. The van der Waals surface area contributed by atoms with Crippen LogP contribution in [0.5, 0.6) is 0 Å². The van der Waals surface area contributed by atoms with E-state index in [-0.39, 0.29) is 18.3 Å². The summed E-state index contributed by atoms with van der Waals surface area (Å²) in [6, 6.07) is 88.6. The Kier molecular flexibility index (Phi) is 8.86. The molecule has 0 heterocycles. The average molecular weight is 831 g/mol. The fourth-order valence-corrected chi connectivity index (χ4v) is 11.7. The number of hydrazine groups is 1. The van der Waals surface area contributed by atoms with Crippen molar-refractivity contribution in [3.05, 3.63) is 287 Å². The van der Waals surface area contributed by atoms with Gasteiger partial charge in [0.2, 0.25) is 0 Å². The SMILES string of the molecule is C.c1ccc2c(c1)-c1ccccc1C21c2ccccc2-c2ccc(NNc3ccc(-c4ccc5c(c4)C4(c6ccccc6-c6ccccc64)c4ccccc4-5)cc3)cc21.c1ccccc1. The van der Waals surface area contributed by atoms with Gasteiger partial charge in [0, 0.05) is 0 Å². The summed E-state index contributed by atoms with van der Waals surface area (Å²) in [7, 11) is 0. The van der Waals surface area contributed by atoms with Crippen LogP contribution in [0.15, 0.2) is 243 Å². The van der Waals surface area contributed by atoms with Crippen molar-refractivity contribution >= 4 is 11.4 Å². The third-order valence-corrected chi connectivity index (χ3v) is 14.2. The summed E-state index contributed by atoms with van der Waals surface area (Å²) in [5, 5.41) is 0. The summed E-state index contributed by atoms with van der Waals surface area (Å²) in [4.78, 5) is 0. The molecule has 2 heteroatoms. The highest BCUT2D eigenvalue weighted by Gasteiger charge is 2.53. The Balaban J connectivity index is 0.000000591. The van der Waals surface area contributed by atoms with Gasteiger partial charge in [0.15, 0.2) is 0 Å².